The van der Waals surface area contributed by atoms with Gasteiger partial charge in [0, 0.05) is 11.3 Å². The highest BCUT2D eigenvalue weighted by molar-refractivity contribution is 5.98. The van der Waals surface area contributed by atoms with E-state index in [4.69, 9.17) is 16.7 Å². The molecule has 1 rings (SSSR count). The van der Waals surface area contributed by atoms with Crippen LogP contribution in [0.5, 0.6) is 0 Å². The normalized spacial score (nSPS) is 11.6. The summed E-state index contributed by atoms with van der Waals surface area (Å²) in [6.07, 6.45) is 0.802. The summed E-state index contributed by atoms with van der Waals surface area (Å²) in [5, 5.41) is 11.5. The monoisotopic (exact) mass is 179 g/mol. The van der Waals surface area contributed by atoms with Crippen LogP contribution in [0, 0.1) is 0 Å². The fraction of sp³-hybridized carbons (Fsp3) is 0.222. The maximum atomic E-state index is 8.51. The summed E-state index contributed by atoms with van der Waals surface area (Å²) < 4.78 is 0. The van der Waals surface area contributed by atoms with Crippen LogP contribution in [0.4, 0.5) is 5.69 Å². The molecule has 4 nitrogen and oxygen atoms in total. The molecule has 0 aliphatic carbocycles. The van der Waals surface area contributed by atoms with Gasteiger partial charge in [0.15, 0.2) is 5.84 Å². The summed E-state index contributed by atoms with van der Waals surface area (Å²) in [5.41, 5.74) is 13.5. The number of aryl methyl sites for hydroxylation is 1. The van der Waals surface area contributed by atoms with Crippen molar-refractivity contribution in [3.05, 3.63) is 29.3 Å². The Kier molecular flexibility index (Phi) is 2.74. The van der Waals surface area contributed by atoms with Crippen molar-refractivity contribution in [2.45, 2.75) is 13.3 Å². The number of rotatable bonds is 2. The van der Waals surface area contributed by atoms with Crippen molar-refractivity contribution in [3.8, 4) is 0 Å². The second kappa shape index (κ2) is 3.80. The van der Waals surface area contributed by atoms with Crippen LogP contribution in [0.25, 0.3) is 0 Å². The maximum absolute atomic E-state index is 8.51. The summed E-state index contributed by atoms with van der Waals surface area (Å²) in [4.78, 5) is 0. The molecule has 0 saturated heterocycles. The Balaban J connectivity index is 3.21. The van der Waals surface area contributed by atoms with E-state index in [1.165, 1.54) is 0 Å². The van der Waals surface area contributed by atoms with Crippen LogP contribution in [-0.4, -0.2) is 11.0 Å². The molecule has 0 aromatic heterocycles. The molecule has 0 fully saturated rings. The summed E-state index contributed by atoms with van der Waals surface area (Å²) in [6.45, 7) is 1.99. The lowest BCUT2D eigenvalue weighted by Gasteiger charge is -2.06. The molecular formula is C9H13N3O. The van der Waals surface area contributed by atoms with Gasteiger partial charge in [-0.1, -0.05) is 12.1 Å². The molecule has 0 heterocycles. The highest BCUT2D eigenvalue weighted by Crippen LogP contribution is 2.13. The van der Waals surface area contributed by atoms with Crippen LogP contribution in [0.1, 0.15) is 18.1 Å². The molecule has 0 atom stereocenters. The second-order valence-corrected chi connectivity index (χ2v) is 2.76. The molecule has 0 unspecified atom stereocenters. The molecular weight excluding hydrogens is 166 g/mol. The van der Waals surface area contributed by atoms with E-state index in [9.17, 15) is 0 Å². The predicted molar refractivity (Wildman–Crippen MR) is 52.7 cm³/mol. The SMILES string of the molecule is CCc1cc(N)ccc1C(N)=NO. The smallest absolute Gasteiger partial charge is 0.170 e. The lowest BCUT2D eigenvalue weighted by atomic mass is 10.0. The highest BCUT2D eigenvalue weighted by atomic mass is 16.4. The summed E-state index contributed by atoms with van der Waals surface area (Å²) in [5.74, 6) is 0.122. The highest BCUT2D eigenvalue weighted by Gasteiger charge is 2.05. The Morgan fingerprint density at radius 3 is 2.77 bits per heavy atom. The first kappa shape index (κ1) is 9.38. The first-order valence-electron chi connectivity index (χ1n) is 4.05. The van der Waals surface area contributed by atoms with E-state index in [2.05, 4.69) is 5.16 Å². The van der Waals surface area contributed by atoms with E-state index >= 15 is 0 Å². The Morgan fingerprint density at radius 2 is 2.23 bits per heavy atom. The molecule has 0 saturated carbocycles. The fourth-order valence-corrected chi connectivity index (χ4v) is 1.21. The summed E-state index contributed by atoms with van der Waals surface area (Å²) >= 11 is 0. The third-order valence-electron chi connectivity index (χ3n) is 1.89. The number of anilines is 1. The number of hydrogen-bond acceptors (Lipinski definition) is 3. The van der Waals surface area contributed by atoms with Crippen LogP contribution in [0.15, 0.2) is 23.4 Å². The van der Waals surface area contributed by atoms with Gasteiger partial charge in [-0.25, -0.2) is 0 Å². The average Bonchev–Trinajstić information content (AvgIpc) is 2.16. The van der Waals surface area contributed by atoms with Crippen molar-refractivity contribution < 1.29 is 5.21 Å². The third-order valence-corrected chi connectivity index (χ3v) is 1.89. The van der Waals surface area contributed by atoms with Crippen LogP contribution in [0.2, 0.25) is 0 Å². The van der Waals surface area contributed by atoms with Crippen LogP contribution in [0.3, 0.4) is 0 Å². The zero-order valence-electron chi connectivity index (χ0n) is 7.49. The molecule has 1 aromatic carbocycles. The minimum atomic E-state index is 0.122. The summed E-state index contributed by atoms with van der Waals surface area (Å²) in [7, 11) is 0. The zero-order chi connectivity index (χ0) is 9.84. The van der Waals surface area contributed by atoms with E-state index in [1.54, 1.807) is 12.1 Å². The zero-order valence-corrected chi connectivity index (χ0v) is 7.49. The van der Waals surface area contributed by atoms with Gasteiger partial charge in [0.05, 0.1) is 0 Å². The average molecular weight is 179 g/mol. The molecule has 4 heteroatoms. The molecule has 13 heavy (non-hydrogen) atoms. The lowest BCUT2D eigenvalue weighted by Crippen LogP contribution is -2.15. The Morgan fingerprint density at radius 1 is 1.54 bits per heavy atom. The largest absolute Gasteiger partial charge is 0.409 e. The van der Waals surface area contributed by atoms with Gasteiger partial charge in [-0.15, -0.1) is 0 Å². The number of nitrogens with two attached hydrogens (primary N) is 2. The van der Waals surface area contributed by atoms with Crippen molar-refractivity contribution in [1.82, 2.24) is 0 Å². The Labute approximate surface area is 76.8 Å². The van der Waals surface area contributed by atoms with Gasteiger partial charge in [0.25, 0.3) is 0 Å². The molecule has 0 radical (unpaired) electrons. The predicted octanol–water partition coefficient (Wildman–Crippen LogP) is 0.926. The maximum Gasteiger partial charge on any atom is 0.170 e. The Bertz CT molecular complexity index is 334. The third kappa shape index (κ3) is 1.90. The van der Waals surface area contributed by atoms with Crippen LogP contribution >= 0.6 is 0 Å². The molecule has 0 spiro atoms. The van der Waals surface area contributed by atoms with E-state index in [-0.39, 0.29) is 5.84 Å². The van der Waals surface area contributed by atoms with Gasteiger partial charge in [-0.2, -0.15) is 0 Å². The number of oxime groups is 1. The fourth-order valence-electron chi connectivity index (χ4n) is 1.21. The van der Waals surface area contributed by atoms with E-state index in [0.717, 1.165) is 17.5 Å². The van der Waals surface area contributed by atoms with Gasteiger partial charge < -0.3 is 16.7 Å². The van der Waals surface area contributed by atoms with E-state index in [1.807, 2.05) is 13.0 Å². The lowest BCUT2D eigenvalue weighted by molar-refractivity contribution is 0.318. The number of nitrogen functional groups attached to an aromatic ring is 1. The Hall–Kier alpha value is -1.71. The van der Waals surface area contributed by atoms with Crippen molar-refractivity contribution in [3.63, 3.8) is 0 Å². The van der Waals surface area contributed by atoms with Crippen molar-refractivity contribution in [2.24, 2.45) is 10.9 Å². The molecule has 0 bridgehead atoms. The number of nitrogens with zero attached hydrogens (tertiary/aromatic N) is 1. The van der Waals surface area contributed by atoms with Crippen LogP contribution < -0.4 is 11.5 Å². The minimum absolute atomic E-state index is 0.122. The molecule has 0 amide bonds. The summed E-state index contributed by atoms with van der Waals surface area (Å²) in [6, 6.07) is 5.31. The molecule has 70 valence electrons. The topological polar surface area (TPSA) is 84.6 Å². The standard InChI is InChI=1S/C9H13N3O/c1-2-6-5-7(10)3-4-8(6)9(11)12-13/h3-5,13H,2,10H2,1H3,(H2,11,12). The van der Waals surface area contributed by atoms with Crippen molar-refractivity contribution >= 4 is 11.5 Å². The molecule has 0 aliphatic heterocycles. The second-order valence-electron chi connectivity index (χ2n) is 2.76. The molecule has 1 aromatic rings. The van der Waals surface area contributed by atoms with Crippen molar-refractivity contribution in [2.75, 3.05) is 5.73 Å². The van der Waals surface area contributed by atoms with E-state index in [0.29, 0.717) is 5.69 Å². The number of benzene rings is 1. The number of hydrogen-bond donors (Lipinski definition) is 3. The van der Waals surface area contributed by atoms with Gasteiger partial charge >= 0.3 is 0 Å². The quantitative estimate of drug-likeness (QED) is 0.207. The van der Waals surface area contributed by atoms with E-state index < -0.39 is 0 Å². The van der Waals surface area contributed by atoms with Gasteiger partial charge in [-0.3, -0.25) is 0 Å². The molecule has 0 aliphatic rings. The number of amidine groups is 1. The first-order valence-corrected chi connectivity index (χ1v) is 4.05. The molecule has 5 N–H and O–H groups in total. The van der Waals surface area contributed by atoms with Gasteiger partial charge in [0.1, 0.15) is 0 Å². The first-order chi connectivity index (χ1) is 6.19. The van der Waals surface area contributed by atoms with Gasteiger partial charge in [0.2, 0.25) is 0 Å². The van der Waals surface area contributed by atoms with Crippen molar-refractivity contribution in [1.29, 1.82) is 0 Å². The van der Waals surface area contributed by atoms with Crippen LogP contribution in [-0.2, 0) is 6.42 Å². The minimum Gasteiger partial charge on any atom is -0.409 e. The van der Waals surface area contributed by atoms with Gasteiger partial charge in [-0.05, 0) is 30.2 Å².